The van der Waals surface area contributed by atoms with Crippen molar-refractivity contribution < 1.29 is 0 Å². The summed E-state index contributed by atoms with van der Waals surface area (Å²) in [7, 11) is 2.10. The zero-order valence-electron chi connectivity index (χ0n) is 16.1. The van der Waals surface area contributed by atoms with Crippen LogP contribution in [0.2, 0.25) is 0 Å². The van der Waals surface area contributed by atoms with Crippen molar-refractivity contribution in [2.24, 2.45) is 15.9 Å². The summed E-state index contributed by atoms with van der Waals surface area (Å²) in [5.41, 5.74) is 1.66. The lowest BCUT2D eigenvalue weighted by Crippen LogP contribution is -2.45. The van der Waals surface area contributed by atoms with E-state index in [2.05, 4.69) is 41.9 Å². The molecule has 3 N–H and O–H groups in total. The zero-order valence-corrected chi connectivity index (χ0v) is 16.1. The van der Waals surface area contributed by atoms with Crippen LogP contribution in [-0.2, 0) is 0 Å². The first-order valence-electron chi connectivity index (χ1n) is 9.34. The molecule has 1 aliphatic heterocycles. The van der Waals surface area contributed by atoms with Crippen LogP contribution in [0, 0.1) is 0 Å². The van der Waals surface area contributed by atoms with Gasteiger partial charge in [-0.15, -0.1) is 0 Å². The highest BCUT2D eigenvalue weighted by molar-refractivity contribution is 6.38. The van der Waals surface area contributed by atoms with E-state index in [4.69, 9.17) is 5.84 Å². The summed E-state index contributed by atoms with van der Waals surface area (Å²) >= 11 is 0. The second-order valence-electron chi connectivity index (χ2n) is 6.90. The molecule has 0 bridgehead atoms. The van der Waals surface area contributed by atoms with Gasteiger partial charge in [-0.2, -0.15) is 5.10 Å². The molecule has 29 heavy (non-hydrogen) atoms. The predicted octanol–water partition coefficient (Wildman–Crippen LogP) is 1.14. The zero-order chi connectivity index (χ0) is 20.2. The van der Waals surface area contributed by atoms with Crippen LogP contribution in [0.5, 0.6) is 0 Å². The number of anilines is 1. The van der Waals surface area contributed by atoms with E-state index in [1.165, 1.54) is 6.21 Å². The molecule has 0 aliphatic carbocycles. The smallest absolute Gasteiger partial charge is 0.258 e. The lowest BCUT2D eigenvalue weighted by Gasteiger charge is -2.32. The topological polar surface area (TPSA) is 116 Å². The second kappa shape index (κ2) is 8.19. The van der Waals surface area contributed by atoms with Crippen molar-refractivity contribution in [1.29, 1.82) is 0 Å². The van der Waals surface area contributed by atoms with E-state index in [9.17, 15) is 4.79 Å². The van der Waals surface area contributed by atoms with Crippen LogP contribution in [0.15, 0.2) is 57.6 Å². The van der Waals surface area contributed by atoms with Crippen molar-refractivity contribution in [2.75, 3.05) is 38.1 Å². The standard InChI is InChI=1S/C20H22N8O/c1-27-6-8-28(9-7-27)20-23-11-15(12-24-20)22-13-18(26-21)16-10-14-4-2-3-5-17(14)25-19(16)29/h2-5,10-13H,6-9,21H2,1H3,(H,25,29). The fourth-order valence-electron chi connectivity index (χ4n) is 3.20. The molecule has 0 unspecified atom stereocenters. The van der Waals surface area contributed by atoms with Gasteiger partial charge in [-0.1, -0.05) is 18.2 Å². The number of likely N-dealkylation sites (N-methyl/N-ethyl adjacent to an activating group) is 1. The largest absolute Gasteiger partial charge is 0.338 e. The number of H-pyrrole nitrogens is 1. The second-order valence-corrected chi connectivity index (χ2v) is 6.90. The average molecular weight is 390 g/mol. The van der Waals surface area contributed by atoms with Crippen LogP contribution >= 0.6 is 0 Å². The summed E-state index contributed by atoms with van der Waals surface area (Å²) in [4.78, 5) is 32.8. The van der Waals surface area contributed by atoms with E-state index in [0.717, 1.165) is 37.1 Å². The van der Waals surface area contributed by atoms with E-state index in [1.807, 2.05) is 24.3 Å². The number of nitrogens with zero attached hydrogens (tertiary/aromatic N) is 6. The Bertz CT molecular complexity index is 1110. The third-order valence-corrected chi connectivity index (χ3v) is 4.92. The maximum Gasteiger partial charge on any atom is 0.258 e. The highest BCUT2D eigenvalue weighted by atomic mass is 16.1. The summed E-state index contributed by atoms with van der Waals surface area (Å²) in [6, 6.07) is 9.26. The maximum absolute atomic E-state index is 12.4. The van der Waals surface area contributed by atoms with Gasteiger partial charge in [-0.3, -0.25) is 9.79 Å². The molecule has 1 fully saturated rings. The minimum absolute atomic E-state index is 0.277. The molecule has 3 aromatic rings. The number of hydrogen-bond acceptors (Lipinski definition) is 8. The summed E-state index contributed by atoms with van der Waals surface area (Å²) in [6.07, 6.45) is 4.75. The Morgan fingerprint density at radius 1 is 1.17 bits per heavy atom. The summed E-state index contributed by atoms with van der Waals surface area (Å²) in [6.45, 7) is 3.77. The van der Waals surface area contributed by atoms with Crippen molar-refractivity contribution in [3.05, 3.63) is 58.6 Å². The number of para-hydroxylation sites is 1. The van der Waals surface area contributed by atoms with E-state index < -0.39 is 0 Å². The first kappa shape index (κ1) is 18.8. The third-order valence-electron chi connectivity index (χ3n) is 4.92. The van der Waals surface area contributed by atoms with Crippen LogP contribution in [-0.4, -0.2) is 65.0 Å². The first-order chi connectivity index (χ1) is 14.1. The number of nitrogens with two attached hydrogens (primary N) is 1. The van der Waals surface area contributed by atoms with Crippen LogP contribution in [0.3, 0.4) is 0 Å². The van der Waals surface area contributed by atoms with Crippen LogP contribution in [0.25, 0.3) is 10.9 Å². The van der Waals surface area contributed by atoms with Gasteiger partial charge in [0.05, 0.1) is 29.9 Å². The lowest BCUT2D eigenvalue weighted by atomic mass is 10.1. The third kappa shape index (κ3) is 4.14. The molecule has 1 aromatic carbocycles. The Kier molecular flexibility index (Phi) is 5.30. The summed E-state index contributed by atoms with van der Waals surface area (Å²) in [5, 5.41) is 4.62. The van der Waals surface area contributed by atoms with Gasteiger partial charge < -0.3 is 20.6 Å². The molecule has 9 heteroatoms. The van der Waals surface area contributed by atoms with E-state index in [-0.39, 0.29) is 11.3 Å². The van der Waals surface area contributed by atoms with Crippen molar-refractivity contribution in [3.63, 3.8) is 0 Å². The number of hydrazone groups is 1. The number of aromatic amines is 1. The highest BCUT2D eigenvalue weighted by Gasteiger charge is 2.16. The molecule has 4 rings (SSSR count). The predicted molar refractivity (Wildman–Crippen MR) is 115 cm³/mol. The minimum atomic E-state index is -0.277. The van der Waals surface area contributed by atoms with Crippen molar-refractivity contribution in [1.82, 2.24) is 19.9 Å². The molecule has 3 heterocycles. The van der Waals surface area contributed by atoms with Crippen molar-refractivity contribution in [2.45, 2.75) is 0 Å². The Morgan fingerprint density at radius 3 is 2.62 bits per heavy atom. The Morgan fingerprint density at radius 2 is 1.90 bits per heavy atom. The molecular formula is C20H22N8O. The van der Waals surface area contributed by atoms with Gasteiger partial charge in [-0.25, -0.2) is 9.97 Å². The summed E-state index contributed by atoms with van der Waals surface area (Å²) in [5.74, 6) is 6.21. The Hall–Kier alpha value is -3.59. The first-order valence-corrected chi connectivity index (χ1v) is 9.34. The molecular weight excluding hydrogens is 368 g/mol. The van der Waals surface area contributed by atoms with Gasteiger partial charge in [0.1, 0.15) is 5.71 Å². The molecule has 1 saturated heterocycles. The number of fused-ring (bicyclic) bond motifs is 1. The molecule has 9 nitrogen and oxygen atoms in total. The van der Waals surface area contributed by atoms with E-state index >= 15 is 0 Å². The van der Waals surface area contributed by atoms with Crippen LogP contribution in [0.4, 0.5) is 11.6 Å². The quantitative estimate of drug-likeness (QED) is 0.392. The van der Waals surface area contributed by atoms with E-state index in [1.54, 1.807) is 18.5 Å². The SMILES string of the molecule is CN1CCN(c2ncc(N=CC(=NN)c3cc4ccccc4[nH]c3=O)cn2)CC1. The number of aromatic nitrogens is 3. The Labute approximate surface area is 167 Å². The van der Waals surface area contributed by atoms with Crippen LogP contribution in [0.1, 0.15) is 5.56 Å². The molecule has 0 atom stereocenters. The molecule has 148 valence electrons. The Balaban J connectivity index is 1.53. The number of benzene rings is 1. The number of aliphatic imine (C=N–C) groups is 1. The normalized spacial score (nSPS) is 16.0. The summed E-state index contributed by atoms with van der Waals surface area (Å²) < 4.78 is 0. The molecule has 1 aliphatic rings. The van der Waals surface area contributed by atoms with Gasteiger partial charge in [0.25, 0.3) is 5.56 Å². The fourth-order valence-corrected chi connectivity index (χ4v) is 3.20. The number of piperazine rings is 1. The number of rotatable bonds is 4. The number of nitrogens with one attached hydrogen (secondary N) is 1. The fraction of sp³-hybridized carbons (Fsp3) is 0.250. The van der Waals surface area contributed by atoms with Gasteiger partial charge in [0.2, 0.25) is 5.95 Å². The van der Waals surface area contributed by atoms with Gasteiger partial charge in [0.15, 0.2) is 0 Å². The van der Waals surface area contributed by atoms with Gasteiger partial charge in [0, 0.05) is 31.7 Å². The highest BCUT2D eigenvalue weighted by Crippen LogP contribution is 2.15. The van der Waals surface area contributed by atoms with Gasteiger partial charge in [-0.05, 0) is 24.6 Å². The number of pyridine rings is 1. The minimum Gasteiger partial charge on any atom is -0.338 e. The molecule has 0 spiro atoms. The maximum atomic E-state index is 12.4. The van der Waals surface area contributed by atoms with Crippen molar-refractivity contribution in [3.8, 4) is 0 Å². The average Bonchev–Trinajstić information content (AvgIpc) is 2.75. The molecule has 0 amide bonds. The lowest BCUT2D eigenvalue weighted by molar-refractivity contribution is 0.311. The van der Waals surface area contributed by atoms with E-state index in [0.29, 0.717) is 17.2 Å². The molecule has 2 aromatic heterocycles. The van der Waals surface area contributed by atoms with Crippen molar-refractivity contribution >= 4 is 34.5 Å². The van der Waals surface area contributed by atoms with Crippen LogP contribution < -0.4 is 16.3 Å². The monoisotopic (exact) mass is 390 g/mol. The number of hydrogen-bond donors (Lipinski definition) is 2. The van der Waals surface area contributed by atoms with Gasteiger partial charge >= 0.3 is 0 Å². The molecule has 0 saturated carbocycles. The molecule has 0 radical (unpaired) electrons.